The third kappa shape index (κ3) is 5.31. The lowest BCUT2D eigenvalue weighted by Crippen LogP contribution is -2.51. The molecule has 0 spiro atoms. The largest absolute Gasteiger partial charge is 0.383 e. The van der Waals surface area contributed by atoms with Gasteiger partial charge in [-0.25, -0.2) is 4.79 Å². The van der Waals surface area contributed by atoms with Gasteiger partial charge < -0.3 is 15.0 Å². The fourth-order valence-electron chi connectivity index (χ4n) is 4.01. The van der Waals surface area contributed by atoms with Crippen molar-refractivity contribution in [1.82, 2.24) is 19.6 Å². The minimum Gasteiger partial charge on any atom is -0.383 e. The average Bonchev–Trinajstić information content (AvgIpc) is 3.27. The molecule has 1 aliphatic rings. The lowest BCUT2D eigenvalue weighted by Gasteiger charge is -2.39. The zero-order valence-electron chi connectivity index (χ0n) is 17.9. The number of aromatic nitrogens is 2. The number of carbonyl (C=O) groups excluding carboxylic acids is 1. The summed E-state index contributed by atoms with van der Waals surface area (Å²) in [5, 5.41) is 7.21. The highest BCUT2D eigenvalue weighted by molar-refractivity contribution is 5.89. The second kappa shape index (κ2) is 10.2. The molecule has 31 heavy (non-hydrogen) atoms. The van der Waals surface area contributed by atoms with Crippen LogP contribution in [-0.2, 0) is 11.3 Å². The van der Waals surface area contributed by atoms with Crippen molar-refractivity contribution in [2.24, 2.45) is 0 Å². The number of amides is 2. The number of ether oxygens (including phenoxy) is 1. The van der Waals surface area contributed by atoms with Crippen LogP contribution in [0, 0.1) is 0 Å². The number of hydrogen-bond donors (Lipinski definition) is 1. The van der Waals surface area contributed by atoms with Gasteiger partial charge in [0.15, 0.2) is 0 Å². The SMILES string of the molecule is COCCn1cc(NC(=O)N2CCN(C(c3ccccc3)c3ccccc3)CC2)cn1. The van der Waals surface area contributed by atoms with E-state index in [1.54, 1.807) is 18.0 Å². The number of piperazine rings is 1. The van der Waals surface area contributed by atoms with E-state index in [1.807, 2.05) is 23.2 Å². The van der Waals surface area contributed by atoms with E-state index in [2.05, 4.69) is 63.8 Å². The first-order valence-electron chi connectivity index (χ1n) is 10.7. The first-order chi connectivity index (χ1) is 15.2. The molecule has 1 fully saturated rings. The molecule has 0 bridgehead atoms. The maximum Gasteiger partial charge on any atom is 0.322 e. The normalized spacial score (nSPS) is 14.7. The van der Waals surface area contributed by atoms with Gasteiger partial charge >= 0.3 is 6.03 Å². The van der Waals surface area contributed by atoms with Crippen LogP contribution in [0.15, 0.2) is 73.1 Å². The van der Waals surface area contributed by atoms with Crippen LogP contribution in [0.5, 0.6) is 0 Å². The minimum absolute atomic E-state index is 0.0816. The molecule has 1 aromatic heterocycles. The Bertz CT molecular complexity index is 913. The van der Waals surface area contributed by atoms with E-state index < -0.39 is 0 Å². The number of nitrogens with zero attached hydrogens (tertiary/aromatic N) is 4. The first kappa shape index (κ1) is 21.1. The summed E-state index contributed by atoms with van der Waals surface area (Å²) in [6, 6.07) is 21.3. The number of benzene rings is 2. The summed E-state index contributed by atoms with van der Waals surface area (Å²) in [5.74, 6) is 0. The molecule has 3 aromatic rings. The van der Waals surface area contributed by atoms with Crippen molar-refractivity contribution in [3.8, 4) is 0 Å². The van der Waals surface area contributed by atoms with Crippen LogP contribution in [-0.4, -0.2) is 65.5 Å². The van der Waals surface area contributed by atoms with E-state index in [0.717, 1.165) is 13.1 Å². The van der Waals surface area contributed by atoms with Crippen LogP contribution >= 0.6 is 0 Å². The molecular weight excluding hydrogens is 390 g/mol. The molecular formula is C24H29N5O2. The van der Waals surface area contributed by atoms with E-state index in [-0.39, 0.29) is 12.1 Å². The molecule has 2 amide bonds. The highest BCUT2D eigenvalue weighted by atomic mass is 16.5. The molecule has 2 aromatic carbocycles. The standard InChI is InChI=1S/C24H29N5O2/c1-31-17-16-29-19-22(18-25-29)26-24(30)28-14-12-27(13-15-28)23(20-8-4-2-5-9-20)21-10-6-3-7-11-21/h2-11,18-19,23H,12-17H2,1H3,(H,26,30). The van der Waals surface area contributed by atoms with Gasteiger partial charge in [0.25, 0.3) is 0 Å². The van der Waals surface area contributed by atoms with Crippen molar-refractivity contribution in [2.45, 2.75) is 12.6 Å². The van der Waals surface area contributed by atoms with E-state index in [1.165, 1.54) is 11.1 Å². The first-order valence-corrected chi connectivity index (χ1v) is 10.7. The van der Waals surface area contributed by atoms with Crippen molar-refractivity contribution in [2.75, 3.05) is 45.2 Å². The van der Waals surface area contributed by atoms with Gasteiger partial charge in [-0.1, -0.05) is 60.7 Å². The number of hydrogen-bond acceptors (Lipinski definition) is 4. The van der Waals surface area contributed by atoms with Gasteiger partial charge in [0.2, 0.25) is 0 Å². The summed E-state index contributed by atoms with van der Waals surface area (Å²) in [5.41, 5.74) is 3.25. The summed E-state index contributed by atoms with van der Waals surface area (Å²) < 4.78 is 6.83. The monoisotopic (exact) mass is 419 g/mol. The van der Waals surface area contributed by atoms with Crippen LogP contribution in [0.3, 0.4) is 0 Å². The van der Waals surface area contributed by atoms with Crippen molar-refractivity contribution < 1.29 is 9.53 Å². The molecule has 0 aliphatic carbocycles. The van der Waals surface area contributed by atoms with Gasteiger partial charge in [-0.3, -0.25) is 9.58 Å². The summed E-state index contributed by atoms with van der Waals surface area (Å²) >= 11 is 0. The van der Waals surface area contributed by atoms with Gasteiger partial charge in [-0.2, -0.15) is 5.10 Å². The highest BCUT2D eigenvalue weighted by Crippen LogP contribution is 2.29. The molecule has 1 aliphatic heterocycles. The van der Waals surface area contributed by atoms with Gasteiger partial charge in [0.1, 0.15) is 0 Å². The summed E-state index contributed by atoms with van der Waals surface area (Å²) in [7, 11) is 1.66. The van der Waals surface area contributed by atoms with E-state index in [4.69, 9.17) is 4.74 Å². The maximum atomic E-state index is 12.7. The van der Waals surface area contributed by atoms with Gasteiger partial charge in [0.05, 0.1) is 31.1 Å². The molecule has 2 heterocycles. The Kier molecular flexibility index (Phi) is 6.96. The molecule has 0 atom stereocenters. The smallest absolute Gasteiger partial charge is 0.322 e. The predicted molar refractivity (Wildman–Crippen MR) is 121 cm³/mol. The van der Waals surface area contributed by atoms with Gasteiger partial charge in [-0.05, 0) is 11.1 Å². The molecule has 7 nitrogen and oxygen atoms in total. The second-order valence-electron chi connectivity index (χ2n) is 7.66. The lowest BCUT2D eigenvalue weighted by atomic mass is 9.96. The number of anilines is 1. The summed E-state index contributed by atoms with van der Waals surface area (Å²) in [6.45, 7) is 4.23. The Hall–Kier alpha value is -3.16. The van der Waals surface area contributed by atoms with Crippen LogP contribution < -0.4 is 5.32 Å². The average molecular weight is 420 g/mol. The molecule has 0 radical (unpaired) electrons. The minimum atomic E-state index is -0.0816. The quantitative estimate of drug-likeness (QED) is 0.637. The molecule has 0 unspecified atom stereocenters. The fraction of sp³-hybridized carbons (Fsp3) is 0.333. The van der Waals surface area contributed by atoms with Crippen LogP contribution in [0.4, 0.5) is 10.5 Å². The van der Waals surface area contributed by atoms with Crippen LogP contribution in [0.2, 0.25) is 0 Å². The number of rotatable bonds is 7. The van der Waals surface area contributed by atoms with E-state index in [0.29, 0.717) is 31.9 Å². The number of methoxy groups -OCH3 is 1. The fourth-order valence-corrected chi connectivity index (χ4v) is 4.01. The third-order valence-corrected chi connectivity index (χ3v) is 5.61. The number of urea groups is 1. The van der Waals surface area contributed by atoms with Gasteiger partial charge in [-0.15, -0.1) is 0 Å². The second-order valence-corrected chi connectivity index (χ2v) is 7.66. The highest BCUT2D eigenvalue weighted by Gasteiger charge is 2.28. The topological polar surface area (TPSA) is 62.6 Å². The zero-order valence-corrected chi connectivity index (χ0v) is 17.9. The molecule has 4 rings (SSSR count). The molecule has 7 heteroatoms. The van der Waals surface area contributed by atoms with Crippen LogP contribution in [0.25, 0.3) is 0 Å². The van der Waals surface area contributed by atoms with Crippen molar-refractivity contribution >= 4 is 11.7 Å². The Morgan fingerprint density at radius 3 is 2.19 bits per heavy atom. The molecule has 1 saturated heterocycles. The Morgan fingerprint density at radius 1 is 1.00 bits per heavy atom. The van der Waals surface area contributed by atoms with Crippen molar-refractivity contribution in [3.05, 3.63) is 84.2 Å². The van der Waals surface area contributed by atoms with Crippen molar-refractivity contribution in [3.63, 3.8) is 0 Å². The Balaban J connectivity index is 1.38. The van der Waals surface area contributed by atoms with E-state index in [9.17, 15) is 4.79 Å². The molecule has 162 valence electrons. The van der Waals surface area contributed by atoms with Gasteiger partial charge in [0, 0.05) is 39.5 Å². The molecule has 1 N–H and O–H groups in total. The maximum absolute atomic E-state index is 12.7. The molecule has 0 saturated carbocycles. The van der Waals surface area contributed by atoms with Crippen LogP contribution in [0.1, 0.15) is 17.2 Å². The third-order valence-electron chi connectivity index (χ3n) is 5.61. The Morgan fingerprint density at radius 2 is 1.61 bits per heavy atom. The summed E-state index contributed by atoms with van der Waals surface area (Å²) in [6.07, 6.45) is 3.50. The van der Waals surface area contributed by atoms with E-state index >= 15 is 0 Å². The lowest BCUT2D eigenvalue weighted by molar-refractivity contribution is 0.126. The Labute approximate surface area is 183 Å². The number of nitrogens with one attached hydrogen (secondary N) is 1. The predicted octanol–water partition coefficient (Wildman–Crippen LogP) is 3.47. The zero-order chi connectivity index (χ0) is 21.5. The summed E-state index contributed by atoms with van der Waals surface area (Å²) in [4.78, 5) is 17.1. The van der Waals surface area contributed by atoms with Crippen molar-refractivity contribution in [1.29, 1.82) is 0 Å². The number of carbonyl (C=O) groups is 1.